The average Bonchev–Trinajstić information content (AvgIpc) is 0.931. The molecule has 0 spiro atoms. The Kier molecular flexibility index (Phi) is 73.5. The number of phosphoric ester groups is 2. The first-order chi connectivity index (χ1) is 49.0. The van der Waals surface area contributed by atoms with Crippen LogP contribution in [0.15, 0.2) is 0 Å². The van der Waals surface area contributed by atoms with Gasteiger partial charge in [-0.3, -0.25) is 37.3 Å². The molecular formula is C82H160O17P2. The first kappa shape index (κ1) is 99.1. The molecule has 0 saturated heterocycles. The number of carbonyl (C=O) groups excluding carboxylic acids is 4. The lowest BCUT2D eigenvalue weighted by molar-refractivity contribution is -0.161. The van der Waals surface area contributed by atoms with Gasteiger partial charge in [-0.25, -0.2) is 9.13 Å². The van der Waals surface area contributed by atoms with E-state index in [-0.39, 0.29) is 25.7 Å². The second kappa shape index (κ2) is 74.9. The van der Waals surface area contributed by atoms with Gasteiger partial charge in [0.05, 0.1) is 26.4 Å². The van der Waals surface area contributed by atoms with Crippen molar-refractivity contribution in [1.29, 1.82) is 0 Å². The predicted molar refractivity (Wildman–Crippen MR) is 414 cm³/mol. The maximum atomic E-state index is 13.1. The smallest absolute Gasteiger partial charge is 0.462 e. The Bertz CT molecular complexity index is 1930. The lowest BCUT2D eigenvalue weighted by Crippen LogP contribution is -2.30. The fraction of sp³-hybridized carbons (Fsp3) is 0.951. The van der Waals surface area contributed by atoms with Crippen LogP contribution >= 0.6 is 15.6 Å². The summed E-state index contributed by atoms with van der Waals surface area (Å²) in [4.78, 5) is 73.1. The first-order valence-corrected chi connectivity index (χ1v) is 45.6. The highest BCUT2D eigenvalue weighted by molar-refractivity contribution is 7.47. The lowest BCUT2D eigenvalue weighted by Gasteiger charge is -2.21. The second-order valence-corrected chi connectivity index (χ2v) is 32.9. The number of carbonyl (C=O) groups is 4. The van der Waals surface area contributed by atoms with Crippen LogP contribution in [-0.2, 0) is 65.4 Å². The predicted octanol–water partition coefficient (Wildman–Crippen LogP) is 24.8. The molecule has 0 aromatic rings. The summed E-state index contributed by atoms with van der Waals surface area (Å²) in [6, 6.07) is 0. The fourth-order valence-corrected chi connectivity index (χ4v) is 14.3. The van der Waals surface area contributed by atoms with Gasteiger partial charge in [0.25, 0.3) is 0 Å². The van der Waals surface area contributed by atoms with Gasteiger partial charge in [-0.05, 0) is 31.6 Å². The summed E-state index contributed by atoms with van der Waals surface area (Å²) in [5.74, 6) is -1.36. The van der Waals surface area contributed by atoms with Crippen molar-refractivity contribution in [3.05, 3.63) is 0 Å². The van der Waals surface area contributed by atoms with Crippen LogP contribution in [-0.4, -0.2) is 96.7 Å². The van der Waals surface area contributed by atoms with Crippen molar-refractivity contribution in [3.8, 4) is 0 Å². The van der Waals surface area contributed by atoms with Crippen molar-refractivity contribution in [1.82, 2.24) is 0 Å². The molecule has 101 heavy (non-hydrogen) atoms. The SMILES string of the molecule is CCCCCCCCCCCCCCCCCCCCCCCC(=O)O[C@H](COC(=O)CCCCCCCCCCCCCCCC)COP(=O)(O)OC[C@@H](O)COP(=O)(O)OC[C@@H](COC(=O)CCCCCCCCCCCC(C)C)OC(=O)CCCCCCCCCCCCCCCC. The maximum Gasteiger partial charge on any atom is 0.472 e. The fourth-order valence-electron chi connectivity index (χ4n) is 12.8. The van der Waals surface area contributed by atoms with Gasteiger partial charge in [0.2, 0.25) is 0 Å². The van der Waals surface area contributed by atoms with E-state index in [9.17, 15) is 43.2 Å². The van der Waals surface area contributed by atoms with Crippen LogP contribution in [0.1, 0.15) is 439 Å². The Balaban J connectivity index is 5.23. The van der Waals surface area contributed by atoms with Crippen molar-refractivity contribution in [3.63, 3.8) is 0 Å². The number of aliphatic hydroxyl groups is 1. The van der Waals surface area contributed by atoms with Crippen LogP contribution in [0.2, 0.25) is 0 Å². The Morgan fingerprint density at radius 3 is 0.673 bits per heavy atom. The number of unbranched alkanes of at least 4 members (excludes halogenated alkanes) is 54. The summed E-state index contributed by atoms with van der Waals surface area (Å²) in [7, 11) is -9.92. The number of aliphatic hydroxyl groups excluding tert-OH is 1. The molecule has 0 aromatic carbocycles. The van der Waals surface area contributed by atoms with E-state index in [4.69, 9.17) is 37.0 Å². The average molecular weight is 1480 g/mol. The summed E-state index contributed by atoms with van der Waals surface area (Å²) in [5, 5.41) is 10.7. The molecule has 0 aromatic heterocycles. The minimum atomic E-state index is -4.96. The number of ether oxygens (including phenoxy) is 4. The van der Waals surface area contributed by atoms with Crippen LogP contribution in [0.5, 0.6) is 0 Å². The third-order valence-corrected chi connectivity index (χ3v) is 21.2. The molecule has 0 amide bonds. The van der Waals surface area contributed by atoms with Gasteiger partial charge in [0.15, 0.2) is 12.2 Å². The molecule has 17 nitrogen and oxygen atoms in total. The van der Waals surface area contributed by atoms with Crippen LogP contribution in [0.3, 0.4) is 0 Å². The number of phosphoric acid groups is 2. The van der Waals surface area contributed by atoms with Gasteiger partial charge in [0, 0.05) is 25.7 Å². The highest BCUT2D eigenvalue weighted by atomic mass is 31.2. The van der Waals surface area contributed by atoms with Gasteiger partial charge >= 0.3 is 39.5 Å². The van der Waals surface area contributed by atoms with E-state index in [1.165, 1.54) is 263 Å². The Labute approximate surface area is 619 Å². The van der Waals surface area contributed by atoms with Gasteiger partial charge in [-0.2, -0.15) is 0 Å². The summed E-state index contributed by atoms with van der Waals surface area (Å²) in [5.41, 5.74) is 0. The molecule has 0 aliphatic heterocycles. The van der Waals surface area contributed by atoms with E-state index in [1.54, 1.807) is 0 Å². The third kappa shape index (κ3) is 76.1. The Hall–Kier alpha value is -1.94. The van der Waals surface area contributed by atoms with Gasteiger partial charge in [-0.1, -0.05) is 388 Å². The standard InChI is InChI=1S/C82H160O17P2/c1-6-9-12-15-18-21-24-27-30-31-32-33-34-35-36-39-42-47-53-58-63-68-82(87)98-77(71-92-79(84)65-60-55-50-45-40-37-28-25-22-19-16-13-10-7-2)73-96-100(88,89)94-69-76(83)70-95-101(90,91)97-74-78(72-93-80(85)66-61-56-51-48-43-44-49-54-59-64-75(4)5)99-81(86)67-62-57-52-46-41-38-29-26-23-20-17-14-11-8-3/h75-78,83H,6-74H2,1-5H3,(H,88,89)(H,90,91)/t76-,77-,78-/m1/s1. The van der Waals surface area contributed by atoms with E-state index in [0.717, 1.165) is 95.8 Å². The number of rotatable bonds is 82. The van der Waals surface area contributed by atoms with Crippen molar-refractivity contribution in [2.45, 2.75) is 457 Å². The molecule has 0 saturated carbocycles. The summed E-state index contributed by atoms with van der Waals surface area (Å²) >= 11 is 0. The highest BCUT2D eigenvalue weighted by Gasteiger charge is 2.30. The quantitative estimate of drug-likeness (QED) is 0.0222. The molecule has 0 bridgehead atoms. The Morgan fingerprint density at radius 2 is 0.455 bits per heavy atom. The molecule has 0 radical (unpaired) electrons. The van der Waals surface area contributed by atoms with Crippen molar-refractivity contribution < 1.29 is 80.2 Å². The number of hydrogen-bond donors (Lipinski definition) is 3. The van der Waals surface area contributed by atoms with Crippen molar-refractivity contribution in [2.75, 3.05) is 39.6 Å². The van der Waals surface area contributed by atoms with Crippen LogP contribution in [0.4, 0.5) is 0 Å². The summed E-state index contributed by atoms with van der Waals surface area (Å²) < 4.78 is 68.8. The zero-order valence-electron chi connectivity index (χ0n) is 66.1. The molecular weight excluding hydrogens is 1320 g/mol. The second-order valence-electron chi connectivity index (χ2n) is 30.0. The van der Waals surface area contributed by atoms with E-state index in [0.29, 0.717) is 25.7 Å². The molecule has 0 aliphatic rings. The van der Waals surface area contributed by atoms with Crippen molar-refractivity contribution in [2.24, 2.45) is 5.92 Å². The van der Waals surface area contributed by atoms with Crippen LogP contribution in [0, 0.1) is 5.92 Å². The highest BCUT2D eigenvalue weighted by Crippen LogP contribution is 2.45. The molecule has 0 rings (SSSR count). The van der Waals surface area contributed by atoms with Gasteiger partial charge in [-0.15, -0.1) is 0 Å². The molecule has 19 heteroatoms. The van der Waals surface area contributed by atoms with E-state index in [2.05, 4.69) is 34.6 Å². The summed E-state index contributed by atoms with van der Waals surface area (Å²) in [6.45, 7) is 7.32. The zero-order chi connectivity index (χ0) is 74.1. The molecule has 600 valence electrons. The Morgan fingerprint density at radius 1 is 0.267 bits per heavy atom. The molecule has 0 aliphatic carbocycles. The van der Waals surface area contributed by atoms with E-state index >= 15 is 0 Å². The van der Waals surface area contributed by atoms with E-state index in [1.807, 2.05) is 0 Å². The summed E-state index contributed by atoms with van der Waals surface area (Å²) in [6.07, 6.45) is 66.6. The maximum absolute atomic E-state index is 13.1. The first-order valence-electron chi connectivity index (χ1n) is 42.6. The third-order valence-electron chi connectivity index (χ3n) is 19.3. The lowest BCUT2D eigenvalue weighted by atomic mass is 10.0. The van der Waals surface area contributed by atoms with Crippen LogP contribution < -0.4 is 0 Å². The largest absolute Gasteiger partial charge is 0.472 e. The molecule has 2 unspecified atom stereocenters. The zero-order valence-corrected chi connectivity index (χ0v) is 67.8. The van der Waals surface area contributed by atoms with E-state index < -0.39 is 97.5 Å². The number of hydrogen-bond acceptors (Lipinski definition) is 15. The molecule has 0 fully saturated rings. The van der Waals surface area contributed by atoms with Crippen molar-refractivity contribution >= 4 is 39.5 Å². The van der Waals surface area contributed by atoms with Crippen LogP contribution in [0.25, 0.3) is 0 Å². The molecule has 5 atom stereocenters. The topological polar surface area (TPSA) is 237 Å². The monoisotopic (exact) mass is 1480 g/mol. The normalized spacial score (nSPS) is 13.8. The van der Waals surface area contributed by atoms with Gasteiger partial charge < -0.3 is 33.8 Å². The number of esters is 4. The minimum Gasteiger partial charge on any atom is -0.462 e. The molecule has 0 heterocycles. The minimum absolute atomic E-state index is 0.108. The molecule has 3 N–H and O–H groups in total. The van der Waals surface area contributed by atoms with Gasteiger partial charge in [0.1, 0.15) is 19.3 Å².